The van der Waals surface area contributed by atoms with E-state index in [1.807, 2.05) is 48.5 Å². The first-order valence-electron chi connectivity index (χ1n) is 9.00. The van der Waals surface area contributed by atoms with Gasteiger partial charge in [-0.1, -0.05) is 48.2 Å². The molecule has 3 aliphatic heterocycles. The molecule has 2 saturated heterocycles. The highest BCUT2D eigenvalue weighted by molar-refractivity contribution is 5.82. The Balaban J connectivity index is -0.000000141. The van der Waals surface area contributed by atoms with Crippen molar-refractivity contribution in [1.82, 2.24) is 4.90 Å². The van der Waals surface area contributed by atoms with E-state index in [2.05, 4.69) is 5.16 Å². The standard InChI is InChI=1S/C6H10O2.C5H9NO2.C5H9NO.C2H6.3CH4/c1-4-3-5(2)8-6(4)7;1-4-3-6(2)5(7)8-4;1-4-3-5(2)7-6-4;1-2;;;/h4-5H,3H2,1-2H3;4H,3H2,1-2H3;5H,3H2,1-2H3;1-2H3;3*1H4/t4?,5-;4-;5-;;;;/m000..../s1. The van der Waals surface area contributed by atoms with Crippen molar-refractivity contribution in [1.29, 1.82) is 0 Å². The molecule has 28 heavy (non-hydrogen) atoms. The lowest BCUT2D eigenvalue weighted by Gasteiger charge is -1.99. The zero-order chi connectivity index (χ0) is 19.6. The van der Waals surface area contributed by atoms with E-state index in [9.17, 15) is 9.59 Å². The van der Waals surface area contributed by atoms with Crippen LogP contribution >= 0.6 is 0 Å². The van der Waals surface area contributed by atoms with Crippen LogP contribution in [0.15, 0.2) is 5.16 Å². The predicted molar refractivity (Wildman–Crippen MR) is 118 cm³/mol. The number of carbonyl (C=O) groups is 2. The molecule has 0 spiro atoms. The highest BCUT2D eigenvalue weighted by Crippen LogP contribution is 2.18. The molecule has 0 aromatic carbocycles. The van der Waals surface area contributed by atoms with Gasteiger partial charge in [-0.2, -0.15) is 0 Å². The average molecular weight is 407 g/mol. The van der Waals surface area contributed by atoms with Gasteiger partial charge in [-0.05, 0) is 34.1 Å². The van der Waals surface area contributed by atoms with Gasteiger partial charge in [0.2, 0.25) is 0 Å². The maximum Gasteiger partial charge on any atom is 0.409 e. The first-order chi connectivity index (χ1) is 11.7. The largest absolute Gasteiger partial charge is 0.462 e. The normalized spacial score (nSPS) is 26.4. The topological polar surface area (TPSA) is 77.4 Å². The second-order valence-corrected chi connectivity index (χ2v) is 6.41. The van der Waals surface area contributed by atoms with Crippen molar-refractivity contribution in [2.24, 2.45) is 11.1 Å². The quantitative estimate of drug-likeness (QED) is 0.495. The van der Waals surface area contributed by atoms with Crippen molar-refractivity contribution in [3.8, 4) is 0 Å². The van der Waals surface area contributed by atoms with Crippen LogP contribution in [0.4, 0.5) is 4.79 Å². The molecule has 3 aliphatic rings. The lowest BCUT2D eigenvalue weighted by molar-refractivity contribution is -0.143. The number of hydrogen-bond donors (Lipinski definition) is 0. The molecule has 0 bridgehead atoms. The molecule has 170 valence electrons. The van der Waals surface area contributed by atoms with Gasteiger partial charge >= 0.3 is 12.1 Å². The summed E-state index contributed by atoms with van der Waals surface area (Å²) in [6, 6.07) is 0. The molecule has 7 nitrogen and oxygen atoms in total. The first kappa shape index (κ1) is 33.8. The summed E-state index contributed by atoms with van der Waals surface area (Å²) >= 11 is 0. The number of nitrogens with zero attached hydrogens (tertiary/aromatic N) is 2. The third-order valence-electron chi connectivity index (χ3n) is 3.52. The van der Waals surface area contributed by atoms with E-state index in [-0.39, 0.29) is 52.5 Å². The molecule has 7 heteroatoms. The van der Waals surface area contributed by atoms with E-state index in [4.69, 9.17) is 14.3 Å². The smallest absolute Gasteiger partial charge is 0.409 e. The van der Waals surface area contributed by atoms with Crippen molar-refractivity contribution in [2.75, 3.05) is 13.6 Å². The fraction of sp³-hybridized carbons (Fsp3) is 0.857. The minimum Gasteiger partial charge on any atom is -0.462 e. The predicted octanol–water partition coefficient (Wildman–Crippen LogP) is 5.52. The Morgan fingerprint density at radius 3 is 1.57 bits per heavy atom. The summed E-state index contributed by atoms with van der Waals surface area (Å²) < 4.78 is 9.59. The van der Waals surface area contributed by atoms with Gasteiger partial charge in [0, 0.05) is 13.5 Å². The summed E-state index contributed by atoms with van der Waals surface area (Å²) in [7, 11) is 1.73. The summed E-state index contributed by atoms with van der Waals surface area (Å²) in [5.74, 6) is 0.0856. The first-order valence-corrected chi connectivity index (χ1v) is 9.00. The lowest BCUT2D eigenvalue weighted by atomic mass is 10.1. The van der Waals surface area contributed by atoms with Crippen molar-refractivity contribution < 1.29 is 23.9 Å². The fourth-order valence-electron chi connectivity index (χ4n) is 2.39. The van der Waals surface area contributed by atoms with Gasteiger partial charge < -0.3 is 19.2 Å². The van der Waals surface area contributed by atoms with Crippen LogP contribution < -0.4 is 0 Å². The number of likely N-dealkylation sites (N-methyl/N-ethyl adjacent to an activating group) is 1. The molecule has 0 aromatic rings. The summed E-state index contributed by atoms with van der Waals surface area (Å²) in [4.78, 5) is 27.5. The second kappa shape index (κ2) is 17.3. The van der Waals surface area contributed by atoms with Gasteiger partial charge in [-0.3, -0.25) is 4.79 Å². The fourth-order valence-corrected chi connectivity index (χ4v) is 2.39. The Labute approximate surface area is 173 Å². The minimum atomic E-state index is -0.211. The maximum atomic E-state index is 10.6. The zero-order valence-corrected chi connectivity index (χ0v) is 16.9. The number of amides is 1. The van der Waals surface area contributed by atoms with E-state index < -0.39 is 0 Å². The minimum absolute atomic E-state index is 0. The van der Waals surface area contributed by atoms with Gasteiger partial charge in [0.1, 0.15) is 12.2 Å². The summed E-state index contributed by atoms with van der Waals surface area (Å²) in [6.07, 6.45) is 2.22. The molecule has 1 amide bonds. The molecular formula is C21H46N2O5. The Kier molecular flexibility index (Phi) is 20.9. The SMILES string of the molecule is C.C.C.CC.CC1=NO[C@@H](C)C1.CC1C[C@H](C)OC1=O.C[C@H]1CN(C)C(=O)O1. The Morgan fingerprint density at radius 1 is 0.929 bits per heavy atom. The molecular weight excluding hydrogens is 360 g/mol. The highest BCUT2D eigenvalue weighted by Gasteiger charge is 2.27. The van der Waals surface area contributed by atoms with Gasteiger partial charge in [0.25, 0.3) is 0 Å². The monoisotopic (exact) mass is 406 g/mol. The van der Waals surface area contributed by atoms with Crippen molar-refractivity contribution in [3.05, 3.63) is 0 Å². The molecule has 0 aromatic heterocycles. The Bertz CT molecular complexity index is 426. The van der Waals surface area contributed by atoms with Gasteiger partial charge in [-0.25, -0.2) is 4.79 Å². The molecule has 2 fully saturated rings. The van der Waals surface area contributed by atoms with E-state index in [1.54, 1.807) is 11.9 Å². The van der Waals surface area contributed by atoms with Gasteiger partial charge in [-0.15, -0.1) is 0 Å². The second-order valence-electron chi connectivity index (χ2n) is 6.41. The van der Waals surface area contributed by atoms with Gasteiger partial charge in [0.05, 0.1) is 24.3 Å². The number of ether oxygens (including phenoxy) is 2. The molecule has 3 rings (SSSR count). The van der Waals surface area contributed by atoms with Crippen LogP contribution in [0.3, 0.4) is 0 Å². The van der Waals surface area contributed by atoms with E-state index in [0.29, 0.717) is 6.10 Å². The zero-order valence-electron chi connectivity index (χ0n) is 16.9. The molecule has 1 unspecified atom stereocenters. The number of rotatable bonds is 0. The van der Waals surface area contributed by atoms with Crippen molar-refractivity contribution >= 4 is 17.8 Å². The Hall–Kier alpha value is -1.79. The number of hydrogen-bond acceptors (Lipinski definition) is 6. The number of esters is 1. The molecule has 0 aliphatic carbocycles. The molecule has 0 saturated carbocycles. The van der Waals surface area contributed by atoms with Crippen molar-refractivity contribution in [3.63, 3.8) is 0 Å². The Morgan fingerprint density at radius 2 is 1.46 bits per heavy atom. The van der Waals surface area contributed by atoms with E-state index >= 15 is 0 Å². The third-order valence-corrected chi connectivity index (χ3v) is 3.52. The van der Waals surface area contributed by atoms with Crippen molar-refractivity contribution in [2.45, 2.75) is 102 Å². The summed E-state index contributed by atoms with van der Waals surface area (Å²) in [5, 5.41) is 3.73. The molecule has 0 radical (unpaired) electrons. The van der Waals surface area contributed by atoms with Crippen LogP contribution in [0.5, 0.6) is 0 Å². The highest BCUT2D eigenvalue weighted by atomic mass is 16.6. The van der Waals surface area contributed by atoms with Crippen LogP contribution in [-0.2, 0) is 19.1 Å². The number of carbonyl (C=O) groups excluding carboxylic acids is 2. The van der Waals surface area contributed by atoms with Crippen LogP contribution in [0.25, 0.3) is 0 Å². The van der Waals surface area contributed by atoms with Crippen LogP contribution in [-0.4, -0.2) is 54.6 Å². The van der Waals surface area contributed by atoms with Crippen LogP contribution in [0.1, 0.15) is 83.6 Å². The summed E-state index contributed by atoms with van der Waals surface area (Å²) in [6.45, 7) is 14.4. The lowest BCUT2D eigenvalue weighted by Crippen LogP contribution is -2.18. The van der Waals surface area contributed by atoms with E-state index in [0.717, 1.165) is 25.1 Å². The average Bonchev–Trinajstić information content (AvgIpc) is 3.15. The number of oxime groups is 1. The molecule has 0 N–H and O–H groups in total. The number of cyclic esters (lactones) is 2. The van der Waals surface area contributed by atoms with Crippen LogP contribution in [0.2, 0.25) is 0 Å². The molecule has 3 heterocycles. The molecule has 4 atom stereocenters. The maximum absolute atomic E-state index is 10.6. The van der Waals surface area contributed by atoms with E-state index in [1.165, 1.54) is 0 Å². The van der Waals surface area contributed by atoms with Crippen LogP contribution in [0, 0.1) is 5.92 Å². The summed E-state index contributed by atoms with van der Waals surface area (Å²) in [5.41, 5.74) is 1.10. The van der Waals surface area contributed by atoms with Gasteiger partial charge in [0.15, 0.2) is 0 Å². The third kappa shape index (κ3) is 13.4.